The zero-order valence-electron chi connectivity index (χ0n) is 37.0. The second kappa shape index (κ2) is 20.3. The lowest BCUT2D eigenvalue weighted by Gasteiger charge is -2.48. The largest absolute Gasteiger partial charge is 0.461 e. The van der Waals surface area contributed by atoms with E-state index in [0.29, 0.717) is 6.42 Å². The van der Waals surface area contributed by atoms with Gasteiger partial charge in [0, 0.05) is 52.7 Å². The zero-order valence-corrected chi connectivity index (χ0v) is 37.0. The third-order valence-corrected chi connectivity index (χ3v) is 12.6. The first-order valence-electron chi connectivity index (χ1n) is 20.5. The highest BCUT2D eigenvalue weighted by Crippen LogP contribution is 2.41. The number of hydrogen-bond donors (Lipinski definition) is 2. The highest BCUT2D eigenvalue weighted by atomic mass is 16.7. The number of carbonyl (C=O) groups is 5. The summed E-state index contributed by atoms with van der Waals surface area (Å²) in [6, 6.07) is 0. The number of rotatable bonds is 10. The van der Waals surface area contributed by atoms with Crippen LogP contribution in [0.5, 0.6) is 0 Å². The van der Waals surface area contributed by atoms with Crippen LogP contribution in [0.1, 0.15) is 109 Å². The molecule has 16 heteroatoms. The molecule has 3 aliphatic rings. The summed E-state index contributed by atoms with van der Waals surface area (Å²) in [6.07, 6.45) is -10.1. The molecule has 16 nitrogen and oxygen atoms in total. The minimum atomic E-state index is -2.01. The first-order chi connectivity index (χ1) is 26.8. The molecule has 0 aliphatic carbocycles. The average Bonchev–Trinajstić information content (AvgIpc) is 3.13. The van der Waals surface area contributed by atoms with Crippen molar-refractivity contribution >= 4 is 29.5 Å². The first kappa shape index (κ1) is 49.8. The predicted molar refractivity (Wildman–Crippen MR) is 207 cm³/mol. The quantitative estimate of drug-likeness (QED) is 0.238. The van der Waals surface area contributed by atoms with E-state index >= 15 is 0 Å². The SMILES string of the molecule is COC1CC(C)OC(O[C@@H]2[C@@H](C)[C@H](OC3CC(C)(OC)C(OC(C)=O)C(C)O3)[C@@H](C)C(=O)O[C@H]([C@@H](C)C(C)=O)[C@H](C)[C@H](OC(C)=O)[C@@H](C)C(=O)[C@@](C)(O)C[C@@H]2C)C1O. The smallest absolute Gasteiger partial charge is 0.311 e. The Labute approximate surface area is 343 Å². The number of aliphatic hydroxyl groups excluding tert-OH is 1. The van der Waals surface area contributed by atoms with E-state index in [0.717, 1.165) is 0 Å². The Bertz CT molecular complexity index is 1440. The van der Waals surface area contributed by atoms with Crippen molar-refractivity contribution in [1.29, 1.82) is 0 Å². The van der Waals surface area contributed by atoms with Crippen molar-refractivity contribution in [1.82, 2.24) is 0 Å². The third kappa shape index (κ3) is 11.6. The van der Waals surface area contributed by atoms with Crippen LogP contribution in [0.2, 0.25) is 0 Å². The van der Waals surface area contributed by atoms with Crippen molar-refractivity contribution in [3.63, 3.8) is 0 Å². The van der Waals surface area contributed by atoms with Gasteiger partial charge in [0.1, 0.15) is 35.3 Å². The summed E-state index contributed by atoms with van der Waals surface area (Å²) < 4.78 is 54.9. The molecule has 334 valence electrons. The fourth-order valence-electron chi connectivity index (χ4n) is 9.13. The predicted octanol–water partition coefficient (Wildman–Crippen LogP) is 3.71. The van der Waals surface area contributed by atoms with Crippen LogP contribution in [-0.4, -0.2) is 133 Å². The summed E-state index contributed by atoms with van der Waals surface area (Å²) in [5, 5.41) is 23.4. The van der Waals surface area contributed by atoms with Gasteiger partial charge >= 0.3 is 17.9 Å². The molecule has 0 aromatic carbocycles. The van der Waals surface area contributed by atoms with Crippen LogP contribution in [0.4, 0.5) is 0 Å². The van der Waals surface area contributed by atoms with Gasteiger partial charge in [-0.3, -0.25) is 24.0 Å². The van der Waals surface area contributed by atoms with Crippen molar-refractivity contribution in [3.05, 3.63) is 0 Å². The fraction of sp³-hybridized carbons (Fsp3) is 0.881. The maximum atomic E-state index is 14.5. The van der Waals surface area contributed by atoms with Gasteiger partial charge in [-0.2, -0.15) is 0 Å². The molecule has 0 aromatic heterocycles. The molecule has 58 heavy (non-hydrogen) atoms. The van der Waals surface area contributed by atoms with E-state index in [1.807, 2.05) is 6.92 Å². The van der Waals surface area contributed by atoms with Crippen LogP contribution >= 0.6 is 0 Å². The first-order valence-corrected chi connectivity index (χ1v) is 20.5. The zero-order chi connectivity index (χ0) is 44.2. The van der Waals surface area contributed by atoms with E-state index in [2.05, 4.69) is 0 Å². The van der Waals surface area contributed by atoms with Gasteiger partial charge in [0.25, 0.3) is 0 Å². The highest BCUT2D eigenvalue weighted by Gasteiger charge is 2.53. The van der Waals surface area contributed by atoms with Gasteiger partial charge < -0.3 is 52.8 Å². The molecule has 3 saturated heterocycles. The minimum absolute atomic E-state index is 0.0710. The van der Waals surface area contributed by atoms with E-state index in [1.165, 1.54) is 48.8 Å². The van der Waals surface area contributed by atoms with Gasteiger partial charge in [-0.1, -0.05) is 34.6 Å². The number of esters is 3. The molecule has 3 aliphatic heterocycles. The van der Waals surface area contributed by atoms with E-state index < -0.39 is 132 Å². The minimum Gasteiger partial charge on any atom is -0.461 e. The van der Waals surface area contributed by atoms with Gasteiger partial charge in [0.15, 0.2) is 24.5 Å². The number of ketones is 2. The Morgan fingerprint density at radius 3 is 1.95 bits per heavy atom. The summed E-state index contributed by atoms with van der Waals surface area (Å²) in [5.74, 6) is -8.34. The van der Waals surface area contributed by atoms with E-state index in [9.17, 15) is 34.2 Å². The molecule has 3 fully saturated rings. The second-order valence-corrected chi connectivity index (χ2v) is 17.5. The molecule has 3 rings (SSSR count). The van der Waals surface area contributed by atoms with E-state index in [4.69, 9.17) is 42.6 Å². The number of carbonyl (C=O) groups excluding carboxylic acids is 5. The standard InChI is InChI=1S/C42H70O16/c1-19-17-41(12,49)37(47)24(6)35(54-28(10)44)23(5)34(21(3)26(8)43)57-39(48)25(7)36(22(4)33(19)58-40-32(46)30(50-14)16-20(2)52-40)56-31-18-42(13,51-15)38(27(9)53-31)55-29(11)45/h19-25,27,30-36,38,40,46,49H,16-18H2,1-15H3/t19-,20?,21-,22+,23-,24+,25+,27?,30?,31?,32?,33-,34+,35-,36-,38?,40?,41-,42?/m0/s1. The summed E-state index contributed by atoms with van der Waals surface area (Å²) >= 11 is 0. The maximum Gasteiger partial charge on any atom is 0.311 e. The summed E-state index contributed by atoms with van der Waals surface area (Å²) in [6.45, 7) is 20.4. The molecular formula is C42H70O16. The van der Waals surface area contributed by atoms with Gasteiger partial charge in [-0.05, 0) is 53.9 Å². The van der Waals surface area contributed by atoms with Crippen molar-refractivity contribution in [2.75, 3.05) is 14.2 Å². The van der Waals surface area contributed by atoms with E-state index in [-0.39, 0.29) is 24.7 Å². The number of aliphatic hydroxyl groups is 2. The van der Waals surface area contributed by atoms with Crippen LogP contribution in [-0.2, 0) is 66.6 Å². The Morgan fingerprint density at radius 1 is 0.810 bits per heavy atom. The number of ether oxygens (including phenoxy) is 9. The Morgan fingerprint density at radius 2 is 1.41 bits per heavy atom. The molecule has 2 N–H and O–H groups in total. The van der Waals surface area contributed by atoms with Gasteiger partial charge in [-0.15, -0.1) is 0 Å². The number of hydrogen-bond acceptors (Lipinski definition) is 16. The Balaban J connectivity index is 2.25. The molecule has 0 bridgehead atoms. The summed E-state index contributed by atoms with van der Waals surface area (Å²) in [5.41, 5.74) is -3.08. The van der Waals surface area contributed by atoms with Gasteiger partial charge in [-0.25, -0.2) is 0 Å². The molecular weight excluding hydrogens is 760 g/mol. The second-order valence-electron chi connectivity index (χ2n) is 17.5. The summed E-state index contributed by atoms with van der Waals surface area (Å²) in [7, 11) is 2.96. The fourth-order valence-corrected chi connectivity index (χ4v) is 9.13. The van der Waals surface area contributed by atoms with Crippen molar-refractivity contribution in [2.45, 2.75) is 188 Å². The number of methoxy groups -OCH3 is 2. The topological polar surface area (TPSA) is 209 Å². The lowest BCUT2D eigenvalue weighted by atomic mass is 9.74. The van der Waals surface area contributed by atoms with Crippen LogP contribution in [0.25, 0.3) is 0 Å². The van der Waals surface area contributed by atoms with Crippen LogP contribution in [0.15, 0.2) is 0 Å². The molecule has 3 heterocycles. The van der Waals surface area contributed by atoms with Gasteiger partial charge in [0.2, 0.25) is 0 Å². The monoisotopic (exact) mass is 830 g/mol. The lowest BCUT2D eigenvalue weighted by molar-refractivity contribution is -0.313. The van der Waals surface area contributed by atoms with E-state index in [1.54, 1.807) is 48.5 Å². The third-order valence-electron chi connectivity index (χ3n) is 12.6. The molecule has 0 saturated carbocycles. The molecule has 19 atom stereocenters. The van der Waals surface area contributed by atoms with Crippen molar-refractivity contribution in [3.8, 4) is 0 Å². The average molecular weight is 831 g/mol. The lowest BCUT2D eigenvalue weighted by Crippen LogP contribution is -2.59. The molecule has 0 aromatic rings. The molecule has 0 radical (unpaired) electrons. The number of Topliss-reactive ketones (excluding diaryl/α,β-unsaturated/α-hetero) is 2. The Kier molecular flexibility index (Phi) is 17.5. The Hall–Kier alpha value is -2.57. The maximum absolute atomic E-state index is 14.5. The van der Waals surface area contributed by atoms with Crippen molar-refractivity contribution < 1.29 is 76.8 Å². The van der Waals surface area contributed by atoms with Crippen LogP contribution in [0.3, 0.4) is 0 Å². The van der Waals surface area contributed by atoms with Crippen LogP contribution in [0, 0.1) is 35.5 Å². The van der Waals surface area contributed by atoms with Crippen LogP contribution < -0.4 is 0 Å². The number of cyclic esters (lactones) is 1. The van der Waals surface area contributed by atoms with Crippen molar-refractivity contribution in [2.24, 2.45) is 35.5 Å². The molecule has 0 amide bonds. The molecule has 0 spiro atoms. The highest BCUT2D eigenvalue weighted by molar-refractivity contribution is 5.89. The normalized spacial score (nSPS) is 44.0. The van der Waals surface area contributed by atoms with Gasteiger partial charge in [0.05, 0.1) is 48.3 Å². The summed E-state index contributed by atoms with van der Waals surface area (Å²) in [4.78, 5) is 66.4. The molecule has 8 unspecified atom stereocenters.